The molecule has 3 aromatic rings. The van der Waals surface area contributed by atoms with Gasteiger partial charge in [0.2, 0.25) is 11.8 Å². The minimum atomic E-state index is -4.15. The van der Waals surface area contributed by atoms with E-state index >= 15 is 0 Å². The van der Waals surface area contributed by atoms with E-state index in [9.17, 15) is 18.0 Å². The molecule has 0 spiro atoms. The van der Waals surface area contributed by atoms with Crippen LogP contribution in [0.3, 0.4) is 0 Å². The fourth-order valence-corrected chi connectivity index (χ4v) is 5.64. The molecule has 0 bridgehead atoms. The second kappa shape index (κ2) is 12.6. The van der Waals surface area contributed by atoms with Crippen molar-refractivity contribution in [3.8, 4) is 0 Å². The van der Waals surface area contributed by atoms with Crippen LogP contribution < -0.4 is 9.62 Å². The van der Waals surface area contributed by atoms with Crippen LogP contribution in [0.2, 0.25) is 15.1 Å². The van der Waals surface area contributed by atoms with Crippen molar-refractivity contribution in [2.45, 2.75) is 30.8 Å². The molecule has 0 saturated carbocycles. The van der Waals surface area contributed by atoms with E-state index in [4.69, 9.17) is 34.8 Å². The number of nitrogens with zero attached hydrogens (tertiary/aromatic N) is 2. The first-order valence-corrected chi connectivity index (χ1v) is 13.9. The minimum absolute atomic E-state index is 0.0191. The monoisotopic (exact) mass is 581 g/mol. The van der Waals surface area contributed by atoms with Crippen LogP contribution in [0.4, 0.5) is 5.69 Å². The van der Waals surface area contributed by atoms with E-state index in [1.165, 1.54) is 36.2 Å². The summed E-state index contributed by atoms with van der Waals surface area (Å²) in [6.45, 7) is 1.25. The molecule has 7 nitrogen and oxygen atoms in total. The summed E-state index contributed by atoms with van der Waals surface area (Å²) < 4.78 is 28.4. The largest absolute Gasteiger partial charge is 0.357 e. The Hall–Kier alpha value is -2.78. The Kier molecular flexibility index (Phi) is 9.84. The molecule has 0 aliphatic carbocycles. The summed E-state index contributed by atoms with van der Waals surface area (Å²) in [5.41, 5.74) is 0.935. The molecule has 2 amide bonds. The molecule has 0 radical (unpaired) electrons. The zero-order valence-electron chi connectivity index (χ0n) is 20.2. The quantitative estimate of drug-likeness (QED) is 0.347. The second-order valence-electron chi connectivity index (χ2n) is 8.11. The van der Waals surface area contributed by atoms with Gasteiger partial charge in [0.25, 0.3) is 10.0 Å². The van der Waals surface area contributed by atoms with Crippen LogP contribution in [0, 0.1) is 0 Å². The Labute approximate surface area is 232 Å². The molecule has 0 heterocycles. The molecule has 0 saturated heterocycles. The summed E-state index contributed by atoms with van der Waals surface area (Å²) in [6, 6.07) is 18.1. The third-order valence-electron chi connectivity index (χ3n) is 5.69. The lowest BCUT2D eigenvalue weighted by atomic mass is 10.1. The highest BCUT2D eigenvalue weighted by Gasteiger charge is 2.33. The summed E-state index contributed by atoms with van der Waals surface area (Å²) in [5.74, 6) is -0.939. The van der Waals surface area contributed by atoms with Crippen LogP contribution in [-0.2, 0) is 26.2 Å². The van der Waals surface area contributed by atoms with E-state index in [1.54, 1.807) is 55.5 Å². The molecule has 37 heavy (non-hydrogen) atoms. The molecule has 1 N–H and O–H groups in total. The number of sulfonamides is 1. The highest BCUT2D eigenvalue weighted by molar-refractivity contribution is 7.92. The number of carbonyl (C=O) groups is 2. The standard InChI is InChI=1S/C26H26Cl3N3O4S/c1-3-24(26(34)30-2)31(16-18-9-14-22(28)23(29)15-18)25(33)17-32(20-7-5-4-6-8-20)37(35,36)21-12-10-19(27)11-13-21/h4-15,24H,3,16-17H2,1-2H3,(H,30,34). The van der Waals surface area contributed by atoms with Gasteiger partial charge in [-0.3, -0.25) is 13.9 Å². The van der Waals surface area contributed by atoms with Gasteiger partial charge in [-0.1, -0.05) is 66.0 Å². The average Bonchev–Trinajstić information content (AvgIpc) is 2.89. The fraction of sp³-hybridized carbons (Fsp3) is 0.231. The van der Waals surface area contributed by atoms with Gasteiger partial charge in [-0.15, -0.1) is 0 Å². The third kappa shape index (κ3) is 6.96. The molecule has 196 valence electrons. The number of anilines is 1. The number of halogens is 3. The van der Waals surface area contributed by atoms with Crippen molar-refractivity contribution in [2.75, 3.05) is 17.9 Å². The van der Waals surface area contributed by atoms with Gasteiger partial charge in [-0.2, -0.15) is 0 Å². The zero-order chi connectivity index (χ0) is 27.2. The molecule has 3 rings (SSSR count). The van der Waals surface area contributed by atoms with Crippen molar-refractivity contribution in [1.82, 2.24) is 10.2 Å². The van der Waals surface area contributed by atoms with Crippen LogP contribution in [0.15, 0.2) is 77.7 Å². The smallest absolute Gasteiger partial charge is 0.264 e. The maximum atomic E-state index is 13.8. The van der Waals surface area contributed by atoms with E-state index in [2.05, 4.69) is 5.32 Å². The maximum Gasteiger partial charge on any atom is 0.264 e. The molecule has 11 heteroatoms. The number of hydrogen-bond donors (Lipinski definition) is 1. The molecule has 3 aromatic carbocycles. The maximum absolute atomic E-state index is 13.8. The first kappa shape index (κ1) is 28.8. The third-order valence-corrected chi connectivity index (χ3v) is 8.47. The second-order valence-corrected chi connectivity index (χ2v) is 11.2. The van der Waals surface area contributed by atoms with Crippen molar-refractivity contribution in [2.24, 2.45) is 0 Å². The number of benzene rings is 3. The van der Waals surface area contributed by atoms with E-state index in [0.29, 0.717) is 32.7 Å². The molecule has 1 unspecified atom stereocenters. The van der Waals surface area contributed by atoms with E-state index in [-0.39, 0.29) is 17.3 Å². The highest BCUT2D eigenvalue weighted by Crippen LogP contribution is 2.27. The summed E-state index contributed by atoms with van der Waals surface area (Å²) in [7, 11) is -2.67. The highest BCUT2D eigenvalue weighted by atomic mass is 35.5. The summed E-state index contributed by atoms with van der Waals surface area (Å²) in [6.07, 6.45) is 0.308. The molecular weight excluding hydrogens is 557 g/mol. The molecule has 0 aliphatic rings. The molecule has 0 fully saturated rings. The van der Waals surface area contributed by atoms with Gasteiger partial charge >= 0.3 is 0 Å². The number of amides is 2. The Morgan fingerprint density at radius 1 is 0.919 bits per heavy atom. The van der Waals surface area contributed by atoms with Gasteiger partial charge in [0.1, 0.15) is 12.6 Å². The van der Waals surface area contributed by atoms with Gasteiger partial charge in [-0.25, -0.2) is 8.42 Å². The fourth-order valence-electron chi connectivity index (χ4n) is 3.78. The summed E-state index contributed by atoms with van der Waals surface area (Å²) in [5, 5.41) is 3.61. The Morgan fingerprint density at radius 3 is 2.14 bits per heavy atom. The van der Waals surface area contributed by atoms with Crippen molar-refractivity contribution < 1.29 is 18.0 Å². The van der Waals surface area contributed by atoms with Gasteiger partial charge in [-0.05, 0) is 60.5 Å². The molecule has 0 aromatic heterocycles. The van der Waals surface area contributed by atoms with Crippen LogP contribution in [0.25, 0.3) is 0 Å². The number of hydrogen-bond acceptors (Lipinski definition) is 4. The summed E-state index contributed by atoms with van der Waals surface area (Å²) >= 11 is 18.2. The lowest BCUT2D eigenvalue weighted by molar-refractivity contribution is -0.140. The van der Waals surface area contributed by atoms with Gasteiger partial charge < -0.3 is 10.2 Å². The average molecular weight is 583 g/mol. The van der Waals surface area contributed by atoms with Gasteiger partial charge in [0.15, 0.2) is 0 Å². The van der Waals surface area contributed by atoms with Crippen LogP contribution >= 0.6 is 34.8 Å². The van der Waals surface area contributed by atoms with Crippen molar-refractivity contribution in [1.29, 1.82) is 0 Å². The lowest BCUT2D eigenvalue weighted by Gasteiger charge is -2.33. The summed E-state index contributed by atoms with van der Waals surface area (Å²) in [4.78, 5) is 27.8. The lowest BCUT2D eigenvalue weighted by Crippen LogP contribution is -2.51. The van der Waals surface area contributed by atoms with Crippen LogP contribution in [0.1, 0.15) is 18.9 Å². The SMILES string of the molecule is CCC(C(=O)NC)N(Cc1ccc(Cl)c(Cl)c1)C(=O)CN(c1ccccc1)S(=O)(=O)c1ccc(Cl)cc1. The van der Waals surface area contributed by atoms with Crippen LogP contribution in [-0.4, -0.2) is 44.8 Å². The molecule has 1 atom stereocenters. The number of carbonyl (C=O) groups excluding carboxylic acids is 2. The van der Waals surface area contributed by atoms with Crippen LogP contribution in [0.5, 0.6) is 0 Å². The first-order chi connectivity index (χ1) is 17.6. The number of rotatable bonds is 10. The predicted octanol–water partition coefficient (Wildman–Crippen LogP) is 5.40. The van der Waals surface area contributed by atoms with Gasteiger partial charge in [0, 0.05) is 18.6 Å². The van der Waals surface area contributed by atoms with E-state index in [1.807, 2.05) is 0 Å². The number of para-hydroxylation sites is 1. The minimum Gasteiger partial charge on any atom is -0.357 e. The van der Waals surface area contributed by atoms with Gasteiger partial charge in [0.05, 0.1) is 20.6 Å². The Balaban J connectivity index is 2.04. The normalized spacial score (nSPS) is 12.0. The van der Waals surface area contributed by atoms with E-state index < -0.39 is 28.5 Å². The number of likely N-dealkylation sites (N-methyl/N-ethyl adjacent to an activating group) is 1. The zero-order valence-corrected chi connectivity index (χ0v) is 23.3. The van der Waals surface area contributed by atoms with Crippen molar-refractivity contribution in [3.63, 3.8) is 0 Å². The molecular formula is C26H26Cl3N3O4S. The number of nitrogens with one attached hydrogen (secondary N) is 1. The van der Waals surface area contributed by atoms with Crippen molar-refractivity contribution in [3.05, 3.63) is 93.4 Å². The topological polar surface area (TPSA) is 86.8 Å². The Morgan fingerprint density at radius 2 is 1.57 bits per heavy atom. The predicted molar refractivity (Wildman–Crippen MR) is 148 cm³/mol. The molecule has 0 aliphatic heterocycles. The van der Waals surface area contributed by atoms with Crippen molar-refractivity contribution >= 4 is 62.3 Å². The first-order valence-electron chi connectivity index (χ1n) is 11.4. The van der Waals surface area contributed by atoms with E-state index in [0.717, 1.165) is 4.31 Å². The Bertz CT molecular complexity index is 1350.